The predicted octanol–water partition coefficient (Wildman–Crippen LogP) is 3.01. The summed E-state index contributed by atoms with van der Waals surface area (Å²) in [5.74, 6) is 0.554. The van der Waals surface area contributed by atoms with Crippen LogP contribution in [0, 0.1) is 6.92 Å². The lowest BCUT2D eigenvalue weighted by Crippen LogP contribution is -2.26. The number of hydrogen-bond acceptors (Lipinski definition) is 4. The first-order valence-corrected chi connectivity index (χ1v) is 7.43. The number of amides is 1. The lowest BCUT2D eigenvalue weighted by atomic mass is 10.1. The number of aryl methyl sites for hydroxylation is 1. The highest BCUT2D eigenvalue weighted by Gasteiger charge is 2.06. The molecule has 1 amide bonds. The highest BCUT2D eigenvalue weighted by atomic mass is 16.5. The molecule has 0 bridgehead atoms. The summed E-state index contributed by atoms with van der Waals surface area (Å²) < 4.78 is 5.47. The highest BCUT2D eigenvalue weighted by Crippen LogP contribution is 2.15. The van der Waals surface area contributed by atoms with Crippen molar-refractivity contribution in [3.63, 3.8) is 0 Å². The molecule has 0 aliphatic rings. The van der Waals surface area contributed by atoms with E-state index in [-0.39, 0.29) is 18.3 Å². The molecule has 0 aliphatic carbocycles. The number of rotatable bonds is 6. The molecule has 2 N–H and O–H groups in total. The molecule has 0 radical (unpaired) electrons. The summed E-state index contributed by atoms with van der Waals surface area (Å²) in [5, 5.41) is 13.4. The zero-order chi connectivity index (χ0) is 16.7. The van der Waals surface area contributed by atoms with Gasteiger partial charge in [0.15, 0.2) is 6.61 Å². The summed E-state index contributed by atoms with van der Waals surface area (Å²) >= 11 is 0. The molecule has 0 atom stereocenters. The Morgan fingerprint density at radius 3 is 2.52 bits per heavy atom. The number of carbonyl (C=O) groups is 1. The van der Waals surface area contributed by atoms with E-state index >= 15 is 0 Å². The summed E-state index contributed by atoms with van der Waals surface area (Å²) in [5.41, 5.74) is 5.06. The van der Waals surface area contributed by atoms with Crippen LogP contribution in [0.4, 0.5) is 0 Å². The first-order chi connectivity index (χ1) is 11.1. The monoisotopic (exact) mass is 312 g/mol. The zero-order valence-corrected chi connectivity index (χ0v) is 13.2. The van der Waals surface area contributed by atoms with Gasteiger partial charge in [0.2, 0.25) is 0 Å². The van der Waals surface area contributed by atoms with Crippen LogP contribution in [0.2, 0.25) is 0 Å². The number of nitrogens with one attached hydrogen (secondary N) is 1. The van der Waals surface area contributed by atoms with Crippen LogP contribution in [0.5, 0.6) is 11.5 Å². The minimum Gasteiger partial charge on any atom is -0.508 e. The Bertz CT molecular complexity index is 694. The number of hydrazone groups is 1. The van der Waals surface area contributed by atoms with Crippen molar-refractivity contribution in [1.29, 1.82) is 0 Å². The van der Waals surface area contributed by atoms with Crippen LogP contribution in [-0.4, -0.2) is 23.3 Å². The Kier molecular flexibility index (Phi) is 5.74. The van der Waals surface area contributed by atoms with Crippen LogP contribution in [0.15, 0.2) is 53.6 Å². The van der Waals surface area contributed by atoms with Crippen LogP contribution >= 0.6 is 0 Å². The molecule has 0 fully saturated rings. The zero-order valence-electron chi connectivity index (χ0n) is 13.2. The number of para-hydroxylation sites is 1. The smallest absolute Gasteiger partial charge is 0.277 e. The lowest BCUT2D eigenvalue weighted by molar-refractivity contribution is -0.123. The SMILES string of the molecule is CCC(=NNC(=O)COc1ccccc1C)c1ccc(O)cc1. The Morgan fingerprint density at radius 1 is 1.17 bits per heavy atom. The molecule has 120 valence electrons. The number of ether oxygens (including phenoxy) is 1. The van der Waals surface area contributed by atoms with E-state index in [0.717, 1.165) is 16.8 Å². The number of phenols is 1. The van der Waals surface area contributed by atoms with Crippen LogP contribution in [0.1, 0.15) is 24.5 Å². The molecule has 2 aromatic rings. The van der Waals surface area contributed by atoms with Gasteiger partial charge in [0.1, 0.15) is 11.5 Å². The number of carbonyl (C=O) groups excluding carboxylic acids is 1. The standard InChI is InChI=1S/C18H20N2O3/c1-3-16(14-8-10-15(21)11-9-14)19-20-18(22)12-23-17-7-5-4-6-13(17)2/h4-11,21H,3,12H2,1-2H3,(H,20,22). The molecular formula is C18H20N2O3. The fourth-order valence-corrected chi connectivity index (χ4v) is 2.03. The van der Waals surface area contributed by atoms with Crippen molar-refractivity contribution >= 4 is 11.6 Å². The van der Waals surface area contributed by atoms with Gasteiger partial charge in [-0.2, -0.15) is 5.10 Å². The average molecular weight is 312 g/mol. The summed E-state index contributed by atoms with van der Waals surface area (Å²) in [7, 11) is 0. The molecular weight excluding hydrogens is 292 g/mol. The topological polar surface area (TPSA) is 70.9 Å². The van der Waals surface area contributed by atoms with Gasteiger partial charge in [-0.3, -0.25) is 4.79 Å². The molecule has 5 nitrogen and oxygen atoms in total. The number of phenolic OH excluding ortho intramolecular Hbond substituents is 1. The van der Waals surface area contributed by atoms with E-state index in [9.17, 15) is 9.90 Å². The highest BCUT2D eigenvalue weighted by molar-refractivity contribution is 6.01. The first kappa shape index (κ1) is 16.5. The molecule has 0 saturated heterocycles. The van der Waals surface area contributed by atoms with E-state index in [1.807, 2.05) is 38.1 Å². The molecule has 5 heteroatoms. The maximum Gasteiger partial charge on any atom is 0.277 e. The molecule has 0 saturated carbocycles. The summed E-state index contributed by atoms with van der Waals surface area (Å²) in [6.45, 7) is 3.77. The number of aromatic hydroxyl groups is 1. The van der Waals surface area contributed by atoms with Crippen LogP contribution in [0.3, 0.4) is 0 Å². The fraction of sp³-hybridized carbons (Fsp3) is 0.222. The van der Waals surface area contributed by atoms with E-state index < -0.39 is 0 Å². The second kappa shape index (κ2) is 7.98. The quantitative estimate of drug-likeness (QED) is 0.636. The fourth-order valence-electron chi connectivity index (χ4n) is 2.03. The van der Waals surface area contributed by atoms with Gasteiger partial charge >= 0.3 is 0 Å². The summed E-state index contributed by atoms with van der Waals surface area (Å²) in [4.78, 5) is 11.9. The van der Waals surface area contributed by atoms with Gasteiger partial charge in [0.05, 0.1) is 5.71 Å². The maximum atomic E-state index is 11.9. The van der Waals surface area contributed by atoms with Gasteiger partial charge in [0.25, 0.3) is 5.91 Å². The van der Waals surface area contributed by atoms with Crippen molar-refractivity contribution in [3.05, 3.63) is 59.7 Å². The molecule has 2 aromatic carbocycles. The molecule has 0 aliphatic heterocycles. The second-order valence-corrected chi connectivity index (χ2v) is 5.05. The summed E-state index contributed by atoms with van der Waals surface area (Å²) in [6.07, 6.45) is 0.656. The third-order valence-electron chi connectivity index (χ3n) is 3.30. The maximum absolute atomic E-state index is 11.9. The van der Waals surface area contributed by atoms with Crippen LogP contribution in [0.25, 0.3) is 0 Å². The Labute approximate surface area is 135 Å². The van der Waals surface area contributed by atoms with Gasteiger partial charge in [-0.15, -0.1) is 0 Å². The lowest BCUT2D eigenvalue weighted by Gasteiger charge is -2.08. The van der Waals surface area contributed by atoms with Gasteiger partial charge < -0.3 is 9.84 Å². The molecule has 23 heavy (non-hydrogen) atoms. The average Bonchev–Trinajstić information content (AvgIpc) is 2.56. The minimum absolute atomic E-state index is 0.0963. The number of benzene rings is 2. The van der Waals surface area contributed by atoms with Gasteiger partial charge in [-0.1, -0.05) is 25.1 Å². The Balaban J connectivity index is 1.93. The van der Waals surface area contributed by atoms with Crippen molar-refractivity contribution in [2.24, 2.45) is 5.10 Å². The van der Waals surface area contributed by atoms with Gasteiger partial charge in [-0.25, -0.2) is 5.43 Å². The number of nitrogens with zero attached hydrogens (tertiary/aromatic N) is 1. The minimum atomic E-state index is -0.321. The number of hydrogen-bond donors (Lipinski definition) is 2. The van der Waals surface area contributed by atoms with E-state index in [4.69, 9.17) is 4.74 Å². The molecule has 0 aromatic heterocycles. The molecule has 0 heterocycles. The molecule has 0 unspecified atom stereocenters. The van der Waals surface area contributed by atoms with Crippen molar-refractivity contribution < 1.29 is 14.6 Å². The van der Waals surface area contributed by atoms with Crippen molar-refractivity contribution in [2.45, 2.75) is 20.3 Å². The van der Waals surface area contributed by atoms with Crippen LogP contribution in [-0.2, 0) is 4.79 Å². The first-order valence-electron chi connectivity index (χ1n) is 7.43. The van der Waals surface area contributed by atoms with Crippen molar-refractivity contribution in [1.82, 2.24) is 5.43 Å². The third kappa shape index (κ3) is 4.85. The Hall–Kier alpha value is -2.82. The van der Waals surface area contributed by atoms with E-state index in [1.165, 1.54) is 0 Å². The van der Waals surface area contributed by atoms with E-state index in [1.54, 1.807) is 24.3 Å². The molecule has 0 spiro atoms. The van der Waals surface area contributed by atoms with Crippen molar-refractivity contribution in [2.75, 3.05) is 6.61 Å². The largest absolute Gasteiger partial charge is 0.508 e. The normalized spacial score (nSPS) is 11.1. The third-order valence-corrected chi connectivity index (χ3v) is 3.30. The predicted molar refractivity (Wildman–Crippen MR) is 89.8 cm³/mol. The van der Waals surface area contributed by atoms with Crippen LogP contribution < -0.4 is 10.2 Å². The second-order valence-electron chi connectivity index (χ2n) is 5.05. The van der Waals surface area contributed by atoms with Crippen molar-refractivity contribution in [3.8, 4) is 11.5 Å². The van der Waals surface area contributed by atoms with Gasteiger partial charge in [-0.05, 0) is 54.8 Å². The van der Waals surface area contributed by atoms with E-state index in [0.29, 0.717) is 12.2 Å². The Morgan fingerprint density at radius 2 is 1.87 bits per heavy atom. The van der Waals surface area contributed by atoms with E-state index in [2.05, 4.69) is 10.5 Å². The molecule has 2 rings (SSSR count). The summed E-state index contributed by atoms with van der Waals surface area (Å²) in [6, 6.07) is 14.2. The van der Waals surface area contributed by atoms with Gasteiger partial charge in [0, 0.05) is 0 Å².